The molecule has 0 radical (unpaired) electrons. The summed E-state index contributed by atoms with van der Waals surface area (Å²) in [6.45, 7) is 5.26. The highest BCUT2D eigenvalue weighted by molar-refractivity contribution is 5.79. The number of hydrogen-bond acceptors (Lipinski definition) is 4. The van der Waals surface area contributed by atoms with E-state index < -0.39 is 0 Å². The zero-order valence-corrected chi connectivity index (χ0v) is 11.1. The van der Waals surface area contributed by atoms with Crippen LogP contribution in [-0.4, -0.2) is 56.2 Å². The molecule has 2 fully saturated rings. The lowest BCUT2D eigenvalue weighted by Gasteiger charge is -2.33. The third-order valence-electron chi connectivity index (χ3n) is 3.97. The molecular weight excluding hydrogens is 230 g/mol. The number of nitrogens with zero attached hydrogens (tertiary/aromatic N) is 1. The Morgan fingerprint density at radius 1 is 1.22 bits per heavy atom. The van der Waals surface area contributed by atoms with E-state index in [4.69, 9.17) is 10.5 Å². The van der Waals surface area contributed by atoms with Crippen LogP contribution in [0.15, 0.2) is 0 Å². The quantitative estimate of drug-likeness (QED) is 0.739. The number of piperidine rings is 1. The van der Waals surface area contributed by atoms with Gasteiger partial charge in [0.2, 0.25) is 5.91 Å². The lowest BCUT2D eigenvalue weighted by molar-refractivity contribution is -0.128. The fourth-order valence-electron chi connectivity index (χ4n) is 2.76. The van der Waals surface area contributed by atoms with Crippen LogP contribution in [0.5, 0.6) is 0 Å². The fourth-order valence-corrected chi connectivity index (χ4v) is 2.76. The van der Waals surface area contributed by atoms with Gasteiger partial charge < -0.3 is 20.7 Å². The Labute approximate surface area is 109 Å². The predicted molar refractivity (Wildman–Crippen MR) is 70.2 cm³/mol. The molecule has 5 nitrogen and oxygen atoms in total. The number of nitrogens with two attached hydrogens (primary N) is 1. The predicted octanol–water partition coefficient (Wildman–Crippen LogP) is -0.0477. The van der Waals surface area contributed by atoms with E-state index >= 15 is 0 Å². The van der Waals surface area contributed by atoms with Crippen molar-refractivity contribution in [3.63, 3.8) is 0 Å². The number of carbonyl (C=O) groups excluding carboxylic acids is 1. The summed E-state index contributed by atoms with van der Waals surface area (Å²) in [4.78, 5) is 14.4. The number of nitrogens with one attached hydrogen (secondary N) is 1. The zero-order valence-electron chi connectivity index (χ0n) is 11.1. The summed E-state index contributed by atoms with van der Waals surface area (Å²) >= 11 is 0. The molecule has 5 heteroatoms. The average Bonchev–Trinajstić information content (AvgIpc) is 2.42. The van der Waals surface area contributed by atoms with Gasteiger partial charge in [-0.1, -0.05) is 0 Å². The summed E-state index contributed by atoms with van der Waals surface area (Å²) in [5.41, 5.74) is 5.55. The maximum Gasteiger partial charge on any atom is 0.223 e. The van der Waals surface area contributed by atoms with E-state index in [2.05, 4.69) is 10.2 Å². The van der Waals surface area contributed by atoms with Gasteiger partial charge in [-0.25, -0.2) is 0 Å². The molecule has 0 atom stereocenters. The standard InChI is InChI=1S/C13H25N3O2/c14-5-8-16-6-1-12(2-7-16)15-13(17)11-3-9-18-10-4-11/h11-12H,1-10,14H2,(H,15,17). The highest BCUT2D eigenvalue weighted by Gasteiger charge is 2.25. The topological polar surface area (TPSA) is 67.6 Å². The Morgan fingerprint density at radius 3 is 2.50 bits per heavy atom. The minimum atomic E-state index is 0.167. The molecule has 2 aliphatic rings. The first-order valence-electron chi connectivity index (χ1n) is 7.10. The van der Waals surface area contributed by atoms with E-state index in [1.54, 1.807) is 0 Å². The smallest absolute Gasteiger partial charge is 0.223 e. The molecule has 2 saturated heterocycles. The van der Waals surface area contributed by atoms with Crippen molar-refractivity contribution in [3.8, 4) is 0 Å². The molecule has 18 heavy (non-hydrogen) atoms. The van der Waals surface area contributed by atoms with Crippen molar-refractivity contribution < 1.29 is 9.53 Å². The van der Waals surface area contributed by atoms with Gasteiger partial charge >= 0.3 is 0 Å². The van der Waals surface area contributed by atoms with Gasteiger partial charge in [-0.3, -0.25) is 4.79 Å². The van der Waals surface area contributed by atoms with Crippen LogP contribution >= 0.6 is 0 Å². The van der Waals surface area contributed by atoms with Crippen LogP contribution in [0.4, 0.5) is 0 Å². The number of carbonyl (C=O) groups is 1. The summed E-state index contributed by atoms with van der Waals surface area (Å²) < 4.78 is 5.28. The van der Waals surface area contributed by atoms with E-state index in [0.717, 1.165) is 65.1 Å². The van der Waals surface area contributed by atoms with Gasteiger partial charge in [0.15, 0.2) is 0 Å². The molecule has 3 N–H and O–H groups in total. The zero-order chi connectivity index (χ0) is 12.8. The molecule has 2 rings (SSSR count). The molecular formula is C13H25N3O2. The Bertz CT molecular complexity index is 259. The van der Waals surface area contributed by atoms with Crippen molar-refractivity contribution >= 4 is 5.91 Å². The maximum atomic E-state index is 12.1. The van der Waals surface area contributed by atoms with Gasteiger partial charge in [-0.2, -0.15) is 0 Å². The summed E-state index contributed by atoms with van der Waals surface area (Å²) in [7, 11) is 0. The summed E-state index contributed by atoms with van der Waals surface area (Å²) in [5, 5.41) is 3.20. The Kier molecular flexibility index (Phi) is 5.41. The molecule has 2 aliphatic heterocycles. The third-order valence-corrected chi connectivity index (χ3v) is 3.97. The lowest BCUT2D eigenvalue weighted by atomic mass is 9.97. The molecule has 0 aromatic rings. The summed E-state index contributed by atoms with van der Waals surface area (Å²) in [6, 6.07) is 0.356. The van der Waals surface area contributed by atoms with Crippen LogP contribution in [0, 0.1) is 5.92 Å². The van der Waals surface area contributed by atoms with Gasteiger partial charge in [0.05, 0.1) is 0 Å². The fraction of sp³-hybridized carbons (Fsp3) is 0.923. The molecule has 1 amide bonds. The van der Waals surface area contributed by atoms with Crippen LogP contribution in [0.1, 0.15) is 25.7 Å². The van der Waals surface area contributed by atoms with Gasteiger partial charge in [0.1, 0.15) is 0 Å². The van der Waals surface area contributed by atoms with E-state index in [1.807, 2.05) is 0 Å². The third kappa shape index (κ3) is 3.93. The first-order chi connectivity index (χ1) is 8.79. The number of amides is 1. The molecule has 0 bridgehead atoms. The number of likely N-dealkylation sites (tertiary alicyclic amines) is 1. The van der Waals surface area contributed by atoms with Crippen LogP contribution < -0.4 is 11.1 Å². The van der Waals surface area contributed by atoms with Crippen LogP contribution in [0.25, 0.3) is 0 Å². The number of ether oxygens (including phenoxy) is 1. The second-order valence-corrected chi connectivity index (χ2v) is 5.30. The highest BCUT2D eigenvalue weighted by Crippen LogP contribution is 2.16. The first-order valence-corrected chi connectivity index (χ1v) is 7.10. The highest BCUT2D eigenvalue weighted by atomic mass is 16.5. The number of hydrogen-bond donors (Lipinski definition) is 2. The van der Waals surface area contributed by atoms with Crippen molar-refractivity contribution in [1.82, 2.24) is 10.2 Å². The van der Waals surface area contributed by atoms with Crippen LogP contribution in [-0.2, 0) is 9.53 Å². The lowest BCUT2D eigenvalue weighted by Crippen LogP contribution is -2.47. The van der Waals surface area contributed by atoms with E-state index in [9.17, 15) is 4.79 Å². The second kappa shape index (κ2) is 7.07. The molecule has 0 aromatic carbocycles. The molecule has 0 spiro atoms. The van der Waals surface area contributed by atoms with Crippen molar-refractivity contribution in [2.45, 2.75) is 31.7 Å². The minimum Gasteiger partial charge on any atom is -0.381 e. The van der Waals surface area contributed by atoms with Crippen molar-refractivity contribution in [2.75, 3.05) is 39.4 Å². The van der Waals surface area contributed by atoms with E-state index in [1.165, 1.54) is 0 Å². The van der Waals surface area contributed by atoms with Crippen molar-refractivity contribution in [3.05, 3.63) is 0 Å². The Morgan fingerprint density at radius 2 is 1.89 bits per heavy atom. The van der Waals surface area contributed by atoms with Gasteiger partial charge in [-0.05, 0) is 25.7 Å². The summed E-state index contributed by atoms with van der Waals surface area (Å²) in [6.07, 6.45) is 3.85. The minimum absolute atomic E-state index is 0.167. The van der Waals surface area contributed by atoms with Crippen molar-refractivity contribution in [1.29, 1.82) is 0 Å². The first kappa shape index (κ1) is 13.8. The van der Waals surface area contributed by atoms with Crippen molar-refractivity contribution in [2.24, 2.45) is 11.7 Å². The van der Waals surface area contributed by atoms with Gasteiger partial charge in [0.25, 0.3) is 0 Å². The number of rotatable bonds is 4. The Balaban J connectivity index is 1.68. The molecule has 0 aliphatic carbocycles. The molecule has 0 aromatic heterocycles. The molecule has 2 heterocycles. The maximum absolute atomic E-state index is 12.1. The molecule has 104 valence electrons. The molecule has 0 unspecified atom stereocenters. The largest absolute Gasteiger partial charge is 0.381 e. The van der Waals surface area contributed by atoms with Crippen LogP contribution in [0.3, 0.4) is 0 Å². The molecule has 0 saturated carbocycles. The van der Waals surface area contributed by atoms with Gasteiger partial charge in [0, 0.05) is 51.4 Å². The van der Waals surface area contributed by atoms with E-state index in [0.29, 0.717) is 6.04 Å². The second-order valence-electron chi connectivity index (χ2n) is 5.30. The van der Waals surface area contributed by atoms with Crippen LogP contribution in [0.2, 0.25) is 0 Å². The SMILES string of the molecule is NCCN1CCC(NC(=O)C2CCOCC2)CC1. The monoisotopic (exact) mass is 255 g/mol. The normalized spacial score (nSPS) is 24.1. The average molecular weight is 255 g/mol. The Hall–Kier alpha value is -0.650. The van der Waals surface area contributed by atoms with E-state index in [-0.39, 0.29) is 11.8 Å². The van der Waals surface area contributed by atoms with Gasteiger partial charge in [-0.15, -0.1) is 0 Å². The summed E-state index contributed by atoms with van der Waals surface area (Å²) in [5.74, 6) is 0.399.